The molecule has 0 heterocycles. The molecule has 30 heavy (non-hydrogen) atoms. The molecule has 162 valence electrons. The van der Waals surface area contributed by atoms with Crippen LogP contribution in [0.3, 0.4) is 0 Å². The van der Waals surface area contributed by atoms with Gasteiger partial charge in [-0.05, 0) is 45.0 Å². The van der Waals surface area contributed by atoms with Gasteiger partial charge in [0.2, 0.25) is 15.9 Å². The van der Waals surface area contributed by atoms with E-state index in [2.05, 4.69) is 10.6 Å². The van der Waals surface area contributed by atoms with E-state index < -0.39 is 28.0 Å². The first-order valence-corrected chi connectivity index (χ1v) is 11.1. The molecule has 0 fully saturated rings. The minimum Gasteiger partial charge on any atom is -0.495 e. The van der Waals surface area contributed by atoms with Crippen molar-refractivity contribution in [1.82, 2.24) is 5.32 Å². The fraction of sp³-hybridized carbons (Fsp3) is 0.333. The van der Waals surface area contributed by atoms with Crippen molar-refractivity contribution in [2.45, 2.75) is 26.3 Å². The van der Waals surface area contributed by atoms with E-state index in [1.165, 1.54) is 7.11 Å². The minimum absolute atomic E-state index is 0.247. The van der Waals surface area contributed by atoms with Crippen LogP contribution in [0.5, 0.6) is 5.75 Å². The lowest BCUT2D eigenvalue weighted by Crippen LogP contribution is -2.41. The van der Waals surface area contributed by atoms with Gasteiger partial charge in [0.25, 0.3) is 5.91 Å². The minimum atomic E-state index is -3.78. The largest absolute Gasteiger partial charge is 0.495 e. The first-order chi connectivity index (χ1) is 13.9. The van der Waals surface area contributed by atoms with E-state index >= 15 is 0 Å². The van der Waals surface area contributed by atoms with Crippen LogP contribution in [0.2, 0.25) is 0 Å². The van der Waals surface area contributed by atoms with Crippen molar-refractivity contribution in [1.29, 1.82) is 0 Å². The summed E-state index contributed by atoms with van der Waals surface area (Å²) < 4.78 is 30.9. The number of rotatable bonds is 7. The van der Waals surface area contributed by atoms with Gasteiger partial charge >= 0.3 is 0 Å². The maximum Gasteiger partial charge on any atom is 0.253 e. The number of methoxy groups -OCH3 is 1. The summed E-state index contributed by atoms with van der Waals surface area (Å²) >= 11 is 0. The maximum absolute atomic E-state index is 12.7. The molecule has 2 amide bonds. The average Bonchev–Trinajstić information content (AvgIpc) is 2.64. The molecule has 9 heteroatoms. The zero-order chi connectivity index (χ0) is 22.5. The van der Waals surface area contributed by atoms with Gasteiger partial charge in [0.15, 0.2) is 0 Å². The highest BCUT2D eigenvalue weighted by molar-refractivity contribution is 7.92. The molecule has 0 bridgehead atoms. The predicted octanol–water partition coefficient (Wildman–Crippen LogP) is 2.63. The molecule has 0 aliphatic carbocycles. The number of amides is 2. The van der Waals surface area contributed by atoms with Crippen molar-refractivity contribution in [3.8, 4) is 5.75 Å². The lowest BCUT2D eigenvalue weighted by atomic mass is 10.1. The Labute approximate surface area is 177 Å². The Morgan fingerprint density at radius 2 is 1.63 bits per heavy atom. The molecule has 2 rings (SSSR count). The lowest BCUT2D eigenvalue weighted by molar-refractivity contribution is -0.114. The van der Waals surface area contributed by atoms with Crippen LogP contribution in [0.4, 0.5) is 11.4 Å². The van der Waals surface area contributed by atoms with E-state index in [-0.39, 0.29) is 22.8 Å². The Balaban J connectivity index is 2.28. The summed E-state index contributed by atoms with van der Waals surface area (Å²) in [7, 11) is -2.36. The standard InChI is InChI=1S/C21H27N3O5S/c1-21(2,3)23-20(26)15-10-6-7-11-16(15)22-19(25)14-24(30(5,27)28)17-12-8-9-13-18(17)29-4/h6-13H,14H2,1-5H3,(H,22,25)(H,23,26). The topological polar surface area (TPSA) is 105 Å². The number of anilines is 2. The van der Waals surface area contributed by atoms with Crippen LogP contribution in [0.1, 0.15) is 31.1 Å². The van der Waals surface area contributed by atoms with Crippen LogP contribution >= 0.6 is 0 Å². The number of hydrogen-bond donors (Lipinski definition) is 2. The predicted molar refractivity (Wildman–Crippen MR) is 117 cm³/mol. The van der Waals surface area contributed by atoms with E-state index in [4.69, 9.17) is 4.74 Å². The Hall–Kier alpha value is -3.07. The van der Waals surface area contributed by atoms with Crippen molar-refractivity contribution in [2.75, 3.05) is 29.5 Å². The number of nitrogens with zero attached hydrogens (tertiary/aromatic N) is 1. The van der Waals surface area contributed by atoms with Crippen LogP contribution in [-0.2, 0) is 14.8 Å². The fourth-order valence-electron chi connectivity index (χ4n) is 2.74. The highest BCUT2D eigenvalue weighted by Gasteiger charge is 2.25. The smallest absolute Gasteiger partial charge is 0.253 e. The summed E-state index contributed by atoms with van der Waals surface area (Å²) in [6.07, 6.45) is 1.01. The number of hydrogen-bond acceptors (Lipinski definition) is 5. The summed E-state index contributed by atoms with van der Waals surface area (Å²) in [5.74, 6) is -0.619. The van der Waals surface area contributed by atoms with Gasteiger partial charge in [0.1, 0.15) is 12.3 Å². The highest BCUT2D eigenvalue weighted by atomic mass is 32.2. The van der Waals surface area contributed by atoms with E-state index in [1.807, 2.05) is 20.8 Å². The molecule has 2 aromatic rings. The third-order valence-corrected chi connectivity index (χ3v) is 5.10. The maximum atomic E-state index is 12.7. The summed E-state index contributed by atoms with van der Waals surface area (Å²) in [4.78, 5) is 25.3. The van der Waals surface area contributed by atoms with Gasteiger partial charge in [-0.15, -0.1) is 0 Å². The van der Waals surface area contributed by atoms with E-state index in [9.17, 15) is 18.0 Å². The first kappa shape index (κ1) is 23.2. The third kappa shape index (κ3) is 6.21. The summed E-state index contributed by atoms with van der Waals surface area (Å²) in [5, 5.41) is 5.48. The Kier molecular flexibility index (Phi) is 7.09. The van der Waals surface area contributed by atoms with Gasteiger partial charge in [-0.2, -0.15) is 0 Å². The van der Waals surface area contributed by atoms with Crippen LogP contribution in [0, 0.1) is 0 Å². The Morgan fingerprint density at radius 3 is 2.23 bits per heavy atom. The molecule has 0 saturated heterocycles. The number of nitrogens with one attached hydrogen (secondary N) is 2. The molecule has 0 unspecified atom stereocenters. The molecule has 8 nitrogen and oxygen atoms in total. The molecule has 0 atom stereocenters. The zero-order valence-electron chi connectivity index (χ0n) is 17.7. The fourth-order valence-corrected chi connectivity index (χ4v) is 3.59. The van der Waals surface area contributed by atoms with Gasteiger partial charge in [-0.3, -0.25) is 13.9 Å². The number of benzene rings is 2. The molecule has 0 saturated carbocycles. The summed E-state index contributed by atoms with van der Waals surface area (Å²) in [6, 6.07) is 13.1. The zero-order valence-corrected chi connectivity index (χ0v) is 18.5. The normalized spacial score (nSPS) is 11.5. The summed E-state index contributed by atoms with van der Waals surface area (Å²) in [6.45, 7) is 5.07. The number of para-hydroxylation sites is 3. The van der Waals surface area contributed by atoms with E-state index in [1.54, 1.807) is 48.5 Å². The van der Waals surface area contributed by atoms with Gasteiger partial charge in [0.05, 0.1) is 30.3 Å². The number of carbonyl (C=O) groups is 2. The van der Waals surface area contributed by atoms with Gasteiger partial charge < -0.3 is 15.4 Å². The second-order valence-corrected chi connectivity index (χ2v) is 9.65. The lowest BCUT2D eigenvalue weighted by Gasteiger charge is -2.24. The van der Waals surface area contributed by atoms with Crippen LogP contribution in [-0.4, -0.2) is 45.7 Å². The Morgan fingerprint density at radius 1 is 1.03 bits per heavy atom. The van der Waals surface area contributed by atoms with Crippen LogP contribution in [0.15, 0.2) is 48.5 Å². The van der Waals surface area contributed by atoms with Gasteiger partial charge in [-0.1, -0.05) is 24.3 Å². The summed E-state index contributed by atoms with van der Waals surface area (Å²) in [5.41, 5.74) is 0.364. The highest BCUT2D eigenvalue weighted by Crippen LogP contribution is 2.29. The second-order valence-electron chi connectivity index (χ2n) is 7.74. The van der Waals surface area contributed by atoms with Crippen molar-refractivity contribution in [3.05, 3.63) is 54.1 Å². The van der Waals surface area contributed by atoms with Gasteiger partial charge in [-0.25, -0.2) is 8.42 Å². The Bertz CT molecular complexity index is 1030. The SMILES string of the molecule is COc1ccccc1N(CC(=O)Nc1ccccc1C(=O)NC(C)(C)C)S(C)(=O)=O. The van der Waals surface area contributed by atoms with Crippen LogP contribution in [0.25, 0.3) is 0 Å². The number of ether oxygens (including phenoxy) is 1. The molecule has 0 aliphatic heterocycles. The van der Waals surface area contributed by atoms with Crippen molar-refractivity contribution < 1.29 is 22.7 Å². The molecular formula is C21H27N3O5S. The molecule has 0 aliphatic rings. The first-order valence-electron chi connectivity index (χ1n) is 9.24. The third-order valence-electron chi connectivity index (χ3n) is 3.98. The van der Waals surface area contributed by atoms with Crippen molar-refractivity contribution >= 4 is 33.2 Å². The molecule has 0 spiro atoms. The van der Waals surface area contributed by atoms with E-state index in [0.29, 0.717) is 5.75 Å². The number of sulfonamides is 1. The van der Waals surface area contributed by atoms with Gasteiger partial charge in [0, 0.05) is 5.54 Å². The monoisotopic (exact) mass is 433 g/mol. The molecule has 0 radical (unpaired) electrons. The molecule has 2 N–H and O–H groups in total. The molecule has 0 aromatic heterocycles. The molecule has 2 aromatic carbocycles. The average molecular weight is 434 g/mol. The van der Waals surface area contributed by atoms with Crippen molar-refractivity contribution in [3.63, 3.8) is 0 Å². The quantitative estimate of drug-likeness (QED) is 0.698. The van der Waals surface area contributed by atoms with Crippen molar-refractivity contribution in [2.24, 2.45) is 0 Å². The second kappa shape index (κ2) is 9.17. The number of carbonyl (C=O) groups excluding carboxylic acids is 2. The molecular weight excluding hydrogens is 406 g/mol. The van der Waals surface area contributed by atoms with Crippen LogP contribution < -0.4 is 19.7 Å². The van der Waals surface area contributed by atoms with E-state index in [0.717, 1.165) is 10.6 Å².